The second kappa shape index (κ2) is 5.91. The number of ether oxygens (including phenoxy) is 1. The number of imide groups is 1. The SMILES string of the molecule is Cc1ccc(Oc2ccc(N3C(=O)c4ccccc4C3=O)cc2)cc1. The number of amides is 2. The van der Waals surface area contributed by atoms with Crippen LogP contribution in [0.15, 0.2) is 72.8 Å². The molecule has 122 valence electrons. The van der Waals surface area contributed by atoms with Gasteiger partial charge in [-0.25, -0.2) is 4.90 Å². The molecule has 0 unspecified atom stereocenters. The molecule has 1 heterocycles. The van der Waals surface area contributed by atoms with Crippen molar-refractivity contribution in [1.82, 2.24) is 0 Å². The van der Waals surface area contributed by atoms with Gasteiger partial charge in [0, 0.05) is 0 Å². The molecule has 0 bridgehead atoms. The molecular weight excluding hydrogens is 314 g/mol. The molecule has 4 nitrogen and oxygen atoms in total. The minimum absolute atomic E-state index is 0.298. The highest BCUT2D eigenvalue weighted by Gasteiger charge is 2.36. The van der Waals surface area contributed by atoms with Crippen LogP contribution in [0.25, 0.3) is 0 Å². The average Bonchev–Trinajstić information content (AvgIpc) is 2.89. The third-order valence-corrected chi connectivity index (χ3v) is 4.15. The largest absolute Gasteiger partial charge is 0.457 e. The number of hydrogen-bond acceptors (Lipinski definition) is 3. The topological polar surface area (TPSA) is 46.6 Å². The van der Waals surface area contributed by atoms with Crippen LogP contribution in [0.2, 0.25) is 0 Å². The van der Waals surface area contributed by atoms with Crippen LogP contribution in [-0.4, -0.2) is 11.8 Å². The third-order valence-electron chi connectivity index (χ3n) is 4.15. The zero-order valence-corrected chi connectivity index (χ0v) is 13.6. The molecule has 4 heteroatoms. The van der Waals surface area contributed by atoms with Gasteiger partial charge < -0.3 is 4.74 Å². The number of aryl methyl sites for hydroxylation is 1. The van der Waals surface area contributed by atoms with Crippen molar-refractivity contribution in [2.75, 3.05) is 4.90 Å². The summed E-state index contributed by atoms with van der Waals surface area (Å²) in [5.41, 5.74) is 2.57. The Morgan fingerprint density at radius 1 is 0.680 bits per heavy atom. The molecule has 0 fully saturated rings. The van der Waals surface area contributed by atoms with Gasteiger partial charge in [-0.1, -0.05) is 29.8 Å². The lowest BCUT2D eigenvalue weighted by molar-refractivity contribution is 0.0926. The van der Waals surface area contributed by atoms with Gasteiger partial charge in [0.25, 0.3) is 11.8 Å². The fourth-order valence-corrected chi connectivity index (χ4v) is 2.83. The second-order valence-electron chi connectivity index (χ2n) is 5.90. The van der Waals surface area contributed by atoms with Crippen LogP contribution in [-0.2, 0) is 0 Å². The van der Waals surface area contributed by atoms with Gasteiger partial charge in [0.15, 0.2) is 0 Å². The molecule has 0 N–H and O–H groups in total. The van der Waals surface area contributed by atoms with E-state index in [0.29, 0.717) is 22.6 Å². The van der Waals surface area contributed by atoms with Gasteiger partial charge in [0.05, 0.1) is 16.8 Å². The molecule has 3 aromatic carbocycles. The first kappa shape index (κ1) is 15.1. The van der Waals surface area contributed by atoms with Gasteiger partial charge in [-0.2, -0.15) is 0 Å². The Balaban J connectivity index is 1.58. The van der Waals surface area contributed by atoms with Crippen LogP contribution in [0.4, 0.5) is 5.69 Å². The molecule has 3 aromatic rings. The quantitative estimate of drug-likeness (QED) is 0.660. The molecule has 0 atom stereocenters. The Morgan fingerprint density at radius 2 is 1.16 bits per heavy atom. The van der Waals surface area contributed by atoms with Gasteiger partial charge in [-0.3, -0.25) is 9.59 Å². The lowest BCUT2D eigenvalue weighted by Crippen LogP contribution is -2.29. The zero-order chi connectivity index (χ0) is 17.4. The van der Waals surface area contributed by atoms with Gasteiger partial charge in [0.2, 0.25) is 0 Å². The summed E-state index contributed by atoms with van der Waals surface area (Å²) in [6.07, 6.45) is 0. The van der Waals surface area contributed by atoms with Crippen LogP contribution in [0.3, 0.4) is 0 Å². The Hall–Kier alpha value is -3.40. The Labute approximate surface area is 145 Å². The first-order valence-corrected chi connectivity index (χ1v) is 7.96. The van der Waals surface area contributed by atoms with Crippen molar-refractivity contribution in [3.05, 3.63) is 89.5 Å². The first-order valence-electron chi connectivity index (χ1n) is 7.96. The standard InChI is InChI=1S/C21H15NO3/c1-14-6-10-16(11-7-14)25-17-12-8-15(9-13-17)22-20(23)18-4-2-3-5-19(18)21(22)24/h2-13H,1H3. The van der Waals surface area contributed by atoms with Gasteiger partial charge in [-0.15, -0.1) is 0 Å². The number of rotatable bonds is 3. The van der Waals surface area contributed by atoms with Crippen LogP contribution in [0.5, 0.6) is 11.5 Å². The average molecular weight is 329 g/mol. The molecule has 0 saturated carbocycles. The van der Waals surface area contributed by atoms with E-state index < -0.39 is 0 Å². The normalized spacial score (nSPS) is 13.1. The lowest BCUT2D eigenvalue weighted by atomic mass is 10.1. The van der Waals surface area contributed by atoms with E-state index in [0.717, 1.165) is 11.3 Å². The maximum atomic E-state index is 12.5. The minimum Gasteiger partial charge on any atom is -0.457 e. The number of nitrogens with zero attached hydrogens (tertiary/aromatic N) is 1. The van der Waals surface area contributed by atoms with E-state index in [2.05, 4.69) is 0 Å². The monoisotopic (exact) mass is 329 g/mol. The van der Waals surface area contributed by atoms with Crippen LogP contribution in [0.1, 0.15) is 26.3 Å². The molecule has 0 aliphatic carbocycles. The van der Waals surface area contributed by atoms with Crippen molar-refractivity contribution < 1.29 is 14.3 Å². The number of fused-ring (bicyclic) bond motifs is 1. The molecule has 0 spiro atoms. The summed E-state index contributed by atoms with van der Waals surface area (Å²) in [4.78, 5) is 26.2. The summed E-state index contributed by atoms with van der Waals surface area (Å²) in [6, 6.07) is 21.5. The number of benzene rings is 3. The summed E-state index contributed by atoms with van der Waals surface area (Å²) >= 11 is 0. The Bertz CT molecular complexity index is 924. The van der Waals surface area contributed by atoms with Gasteiger partial charge >= 0.3 is 0 Å². The van der Waals surface area contributed by atoms with Crippen molar-refractivity contribution >= 4 is 17.5 Å². The summed E-state index contributed by atoms with van der Waals surface area (Å²) in [5.74, 6) is 0.781. The van der Waals surface area contributed by atoms with E-state index in [-0.39, 0.29) is 11.8 Å². The Kier molecular flexibility index (Phi) is 3.58. The number of hydrogen-bond donors (Lipinski definition) is 0. The minimum atomic E-state index is -0.298. The van der Waals surface area contributed by atoms with E-state index in [9.17, 15) is 9.59 Å². The Morgan fingerprint density at radius 3 is 1.68 bits per heavy atom. The molecule has 1 aliphatic heterocycles. The first-order chi connectivity index (χ1) is 12.1. The van der Waals surface area contributed by atoms with Crippen LogP contribution in [0, 0.1) is 6.92 Å². The van der Waals surface area contributed by atoms with Gasteiger partial charge in [0.1, 0.15) is 11.5 Å². The maximum Gasteiger partial charge on any atom is 0.266 e. The fourth-order valence-electron chi connectivity index (χ4n) is 2.83. The fraction of sp³-hybridized carbons (Fsp3) is 0.0476. The van der Waals surface area contributed by atoms with E-state index in [4.69, 9.17) is 4.74 Å². The van der Waals surface area contributed by atoms with E-state index in [1.807, 2.05) is 31.2 Å². The van der Waals surface area contributed by atoms with Crippen molar-refractivity contribution in [2.24, 2.45) is 0 Å². The maximum absolute atomic E-state index is 12.5. The van der Waals surface area contributed by atoms with E-state index in [1.54, 1.807) is 48.5 Å². The molecular formula is C21H15NO3. The predicted molar refractivity (Wildman–Crippen MR) is 95.3 cm³/mol. The molecule has 4 rings (SSSR count). The number of carbonyl (C=O) groups is 2. The molecule has 0 aromatic heterocycles. The van der Waals surface area contributed by atoms with Gasteiger partial charge in [-0.05, 0) is 55.5 Å². The number of carbonyl (C=O) groups excluding carboxylic acids is 2. The summed E-state index contributed by atoms with van der Waals surface area (Å²) in [5, 5.41) is 0. The van der Waals surface area contributed by atoms with Crippen molar-refractivity contribution in [1.29, 1.82) is 0 Å². The van der Waals surface area contributed by atoms with Crippen LogP contribution >= 0.6 is 0 Å². The summed E-state index contributed by atoms with van der Waals surface area (Å²) in [6.45, 7) is 2.01. The molecule has 0 saturated heterocycles. The smallest absolute Gasteiger partial charge is 0.266 e. The summed E-state index contributed by atoms with van der Waals surface area (Å²) < 4.78 is 5.78. The highest BCUT2D eigenvalue weighted by molar-refractivity contribution is 6.34. The highest BCUT2D eigenvalue weighted by Crippen LogP contribution is 2.30. The van der Waals surface area contributed by atoms with Crippen molar-refractivity contribution in [2.45, 2.75) is 6.92 Å². The molecule has 25 heavy (non-hydrogen) atoms. The molecule has 2 amide bonds. The van der Waals surface area contributed by atoms with Crippen molar-refractivity contribution in [3.8, 4) is 11.5 Å². The second-order valence-corrected chi connectivity index (χ2v) is 5.90. The molecule has 0 radical (unpaired) electrons. The predicted octanol–water partition coefficient (Wildman–Crippen LogP) is 4.59. The van der Waals surface area contributed by atoms with Crippen molar-refractivity contribution in [3.63, 3.8) is 0 Å². The lowest BCUT2D eigenvalue weighted by Gasteiger charge is -2.14. The number of anilines is 1. The third kappa shape index (κ3) is 2.68. The molecule has 1 aliphatic rings. The highest BCUT2D eigenvalue weighted by atomic mass is 16.5. The summed E-state index contributed by atoms with van der Waals surface area (Å²) in [7, 11) is 0. The van der Waals surface area contributed by atoms with E-state index >= 15 is 0 Å². The zero-order valence-electron chi connectivity index (χ0n) is 13.6. The van der Waals surface area contributed by atoms with E-state index in [1.165, 1.54) is 4.90 Å². The van der Waals surface area contributed by atoms with Crippen LogP contribution < -0.4 is 9.64 Å².